The van der Waals surface area contributed by atoms with E-state index >= 15 is 0 Å². The third-order valence-electron chi connectivity index (χ3n) is 1.42. The van der Waals surface area contributed by atoms with Gasteiger partial charge in [-0.25, -0.2) is 0 Å². The minimum absolute atomic E-state index is 0.0463. The van der Waals surface area contributed by atoms with Crippen molar-refractivity contribution in [1.29, 1.82) is 0 Å². The summed E-state index contributed by atoms with van der Waals surface area (Å²) in [6.45, 7) is 6.97. The van der Waals surface area contributed by atoms with Crippen LogP contribution in [0.1, 0.15) is 0 Å². The van der Waals surface area contributed by atoms with E-state index in [9.17, 15) is 0 Å². The first kappa shape index (κ1) is 10.4. The minimum atomic E-state index is -0.465. The standard InChI is InChI=1S/C3H7BO2.C3H7O2P/c1-4-5-2-3-6-4;1-6-4-2-3-5-6/h2*2-3H2,1H3. The van der Waals surface area contributed by atoms with E-state index in [1.807, 2.05) is 13.5 Å². The Bertz CT molecular complexity index is 100. The van der Waals surface area contributed by atoms with Crippen LogP contribution in [0.25, 0.3) is 0 Å². The molecule has 0 radical (unpaired) electrons. The molecule has 4 nitrogen and oxygen atoms in total. The zero-order chi connectivity index (χ0) is 8.81. The lowest BCUT2D eigenvalue weighted by Crippen LogP contribution is -2.05. The summed E-state index contributed by atoms with van der Waals surface area (Å²) in [4.78, 5) is 0. The SMILES string of the molecule is CB1OCCO1.CP1OCCO1. The molecule has 0 spiro atoms. The average Bonchev–Trinajstić information content (AvgIpc) is 2.63. The molecule has 0 aromatic heterocycles. The second-order valence-corrected chi connectivity index (χ2v) is 3.81. The molecule has 0 unspecified atom stereocenters. The number of rotatable bonds is 0. The third-order valence-corrected chi connectivity index (χ3v) is 2.51. The zero-order valence-corrected chi connectivity index (χ0v) is 8.38. The van der Waals surface area contributed by atoms with Gasteiger partial charge >= 0.3 is 7.12 Å². The predicted molar refractivity (Wildman–Crippen MR) is 48.3 cm³/mol. The van der Waals surface area contributed by atoms with Crippen LogP contribution in [0.4, 0.5) is 0 Å². The van der Waals surface area contributed by atoms with E-state index in [0.717, 1.165) is 26.4 Å². The van der Waals surface area contributed by atoms with Crippen molar-refractivity contribution in [3.8, 4) is 0 Å². The summed E-state index contributed by atoms with van der Waals surface area (Å²) in [5.41, 5.74) is 0. The second-order valence-electron chi connectivity index (χ2n) is 2.42. The molecule has 0 aromatic carbocycles. The normalized spacial score (nSPS) is 24.0. The van der Waals surface area contributed by atoms with Crippen molar-refractivity contribution in [2.24, 2.45) is 0 Å². The van der Waals surface area contributed by atoms with E-state index in [1.54, 1.807) is 0 Å². The maximum Gasteiger partial charge on any atom is 0.453 e. The summed E-state index contributed by atoms with van der Waals surface area (Å²) in [6.07, 6.45) is 0. The van der Waals surface area contributed by atoms with Gasteiger partial charge < -0.3 is 18.4 Å². The predicted octanol–water partition coefficient (Wildman–Crippen LogP) is 1.13. The molecule has 2 saturated heterocycles. The third kappa shape index (κ3) is 4.38. The molecule has 0 bridgehead atoms. The lowest BCUT2D eigenvalue weighted by molar-refractivity contribution is 0.365. The Morgan fingerprint density at radius 2 is 1.50 bits per heavy atom. The molecule has 2 aliphatic heterocycles. The van der Waals surface area contributed by atoms with Crippen molar-refractivity contribution < 1.29 is 18.4 Å². The first-order chi connectivity index (χ1) is 5.79. The summed E-state index contributed by atoms with van der Waals surface area (Å²) in [6, 6.07) is 0. The van der Waals surface area contributed by atoms with Crippen molar-refractivity contribution in [3.05, 3.63) is 0 Å². The van der Waals surface area contributed by atoms with Crippen LogP contribution in [-0.2, 0) is 18.4 Å². The van der Waals surface area contributed by atoms with E-state index in [4.69, 9.17) is 18.4 Å². The highest BCUT2D eigenvalue weighted by molar-refractivity contribution is 7.46. The van der Waals surface area contributed by atoms with E-state index in [-0.39, 0.29) is 7.12 Å². The second kappa shape index (κ2) is 5.89. The molecule has 0 aromatic rings. The van der Waals surface area contributed by atoms with Gasteiger partial charge in [0.2, 0.25) is 0 Å². The first-order valence-corrected chi connectivity index (χ1v) is 5.64. The molecule has 0 aliphatic carbocycles. The van der Waals surface area contributed by atoms with Crippen molar-refractivity contribution >= 4 is 15.5 Å². The molecule has 0 amide bonds. The fourth-order valence-corrected chi connectivity index (χ4v) is 1.58. The molecule has 6 heteroatoms. The van der Waals surface area contributed by atoms with Crippen LogP contribution >= 0.6 is 8.38 Å². The van der Waals surface area contributed by atoms with Gasteiger partial charge in [0.1, 0.15) is 0 Å². The highest BCUT2D eigenvalue weighted by atomic mass is 31.2. The topological polar surface area (TPSA) is 36.9 Å². The maximum absolute atomic E-state index is 5.00. The van der Waals surface area contributed by atoms with Gasteiger partial charge in [-0.2, -0.15) is 0 Å². The summed E-state index contributed by atoms with van der Waals surface area (Å²) in [7, 11) is -0.419. The van der Waals surface area contributed by atoms with Crippen LogP contribution in [0.2, 0.25) is 6.82 Å². The molecule has 0 atom stereocenters. The first-order valence-electron chi connectivity index (χ1n) is 4.02. The summed E-state index contributed by atoms with van der Waals surface area (Å²) >= 11 is 0. The van der Waals surface area contributed by atoms with Crippen LogP contribution in [-0.4, -0.2) is 40.2 Å². The molecule has 2 heterocycles. The number of hydrogen-bond donors (Lipinski definition) is 0. The van der Waals surface area contributed by atoms with Gasteiger partial charge in [0.05, 0.1) is 26.4 Å². The Labute approximate surface area is 74.6 Å². The lowest BCUT2D eigenvalue weighted by atomic mass is 9.97. The van der Waals surface area contributed by atoms with Crippen LogP contribution in [0, 0.1) is 0 Å². The highest BCUT2D eigenvalue weighted by Gasteiger charge is 2.14. The van der Waals surface area contributed by atoms with Crippen LogP contribution < -0.4 is 0 Å². The zero-order valence-electron chi connectivity index (χ0n) is 7.49. The Hall–Kier alpha value is 0.335. The molecule has 70 valence electrons. The fraction of sp³-hybridized carbons (Fsp3) is 1.00. The molecular weight excluding hydrogens is 178 g/mol. The summed E-state index contributed by atoms with van der Waals surface area (Å²) in [5.74, 6) is 0. The maximum atomic E-state index is 5.00. The van der Waals surface area contributed by atoms with Gasteiger partial charge in [0.15, 0.2) is 8.38 Å². The van der Waals surface area contributed by atoms with Gasteiger partial charge in [0.25, 0.3) is 0 Å². The Morgan fingerprint density at radius 3 is 1.67 bits per heavy atom. The monoisotopic (exact) mass is 192 g/mol. The van der Waals surface area contributed by atoms with Crippen LogP contribution in [0.15, 0.2) is 0 Å². The van der Waals surface area contributed by atoms with Gasteiger partial charge in [-0.3, -0.25) is 0 Å². The molecule has 2 aliphatic rings. The minimum Gasteiger partial charge on any atom is -0.409 e. The van der Waals surface area contributed by atoms with Gasteiger partial charge in [-0.05, 0) is 6.82 Å². The van der Waals surface area contributed by atoms with Gasteiger partial charge in [-0.15, -0.1) is 0 Å². The summed E-state index contributed by atoms with van der Waals surface area (Å²) in [5, 5.41) is 0. The van der Waals surface area contributed by atoms with Crippen molar-refractivity contribution in [3.63, 3.8) is 0 Å². The number of hydrogen-bond acceptors (Lipinski definition) is 4. The smallest absolute Gasteiger partial charge is 0.409 e. The summed E-state index contributed by atoms with van der Waals surface area (Å²) < 4.78 is 19.9. The fourth-order valence-electron chi connectivity index (χ4n) is 0.845. The molecular formula is C6H14BO4P. The Morgan fingerprint density at radius 1 is 1.00 bits per heavy atom. The molecule has 0 N–H and O–H groups in total. The quantitative estimate of drug-likeness (QED) is 0.425. The Balaban J connectivity index is 0.000000120. The molecule has 0 saturated carbocycles. The van der Waals surface area contributed by atoms with Crippen molar-refractivity contribution in [2.45, 2.75) is 6.82 Å². The molecule has 2 rings (SSSR count). The Kier molecular flexibility index (Phi) is 5.11. The molecule has 12 heavy (non-hydrogen) atoms. The van der Waals surface area contributed by atoms with E-state index in [1.165, 1.54) is 0 Å². The average molecular weight is 192 g/mol. The van der Waals surface area contributed by atoms with Crippen LogP contribution in [0.3, 0.4) is 0 Å². The van der Waals surface area contributed by atoms with E-state index in [0.29, 0.717) is 0 Å². The molecule has 2 fully saturated rings. The van der Waals surface area contributed by atoms with E-state index in [2.05, 4.69) is 0 Å². The van der Waals surface area contributed by atoms with Gasteiger partial charge in [-0.1, -0.05) is 0 Å². The van der Waals surface area contributed by atoms with Crippen molar-refractivity contribution in [1.82, 2.24) is 0 Å². The van der Waals surface area contributed by atoms with Gasteiger partial charge in [0, 0.05) is 6.66 Å². The lowest BCUT2D eigenvalue weighted by Gasteiger charge is -1.93. The van der Waals surface area contributed by atoms with Crippen LogP contribution in [0.5, 0.6) is 0 Å². The highest BCUT2D eigenvalue weighted by Crippen LogP contribution is 2.37. The van der Waals surface area contributed by atoms with Crippen molar-refractivity contribution in [2.75, 3.05) is 33.1 Å². The largest absolute Gasteiger partial charge is 0.453 e. The van der Waals surface area contributed by atoms with E-state index < -0.39 is 8.38 Å².